The van der Waals surface area contributed by atoms with Crippen LogP contribution < -0.4 is 0 Å². The van der Waals surface area contributed by atoms with E-state index < -0.39 is 6.10 Å². The second-order valence-electron chi connectivity index (χ2n) is 4.60. The Kier molecular flexibility index (Phi) is 3.33. The zero-order valence-electron chi connectivity index (χ0n) is 10.4. The molecule has 2 aromatic carbocycles. The Morgan fingerprint density at radius 1 is 1.11 bits per heavy atom. The molecule has 19 heavy (non-hydrogen) atoms. The predicted molar refractivity (Wildman–Crippen MR) is 84.2 cm³/mol. The molecule has 96 valence electrons. The fraction of sp³-hybridized carbons (Fsp3) is 0.125. The van der Waals surface area contributed by atoms with Gasteiger partial charge in [0.2, 0.25) is 0 Å². The van der Waals surface area contributed by atoms with E-state index in [0.717, 1.165) is 25.7 Å². The molecule has 3 rings (SSSR count). The largest absolute Gasteiger partial charge is 0.458 e. The van der Waals surface area contributed by atoms with Gasteiger partial charge in [-0.25, -0.2) is 0 Å². The number of aryl methyl sites for hydroxylation is 1. The van der Waals surface area contributed by atoms with E-state index in [2.05, 4.69) is 22.6 Å². The quantitative estimate of drug-likeness (QED) is 0.683. The van der Waals surface area contributed by atoms with Crippen LogP contribution in [0.2, 0.25) is 0 Å². The highest BCUT2D eigenvalue weighted by atomic mass is 127. The van der Waals surface area contributed by atoms with Gasteiger partial charge in [-0.1, -0.05) is 30.3 Å². The zero-order valence-corrected chi connectivity index (χ0v) is 12.6. The molecule has 0 bridgehead atoms. The lowest BCUT2D eigenvalue weighted by molar-refractivity contribution is 0.192. The summed E-state index contributed by atoms with van der Waals surface area (Å²) in [4.78, 5) is 0. The van der Waals surface area contributed by atoms with Crippen molar-refractivity contribution in [3.8, 4) is 0 Å². The Balaban J connectivity index is 2.06. The van der Waals surface area contributed by atoms with Crippen LogP contribution in [0.3, 0.4) is 0 Å². The number of furan rings is 1. The van der Waals surface area contributed by atoms with Crippen molar-refractivity contribution >= 4 is 33.6 Å². The molecule has 0 aliphatic carbocycles. The van der Waals surface area contributed by atoms with Crippen LogP contribution in [0.15, 0.2) is 52.9 Å². The summed E-state index contributed by atoms with van der Waals surface area (Å²) < 4.78 is 6.90. The highest BCUT2D eigenvalue weighted by Crippen LogP contribution is 2.30. The Morgan fingerprint density at radius 3 is 2.63 bits per heavy atom. The summed E-state index contributed by atoms with van der Waals surface area (Å²) >= 11 is 2.24. The molecule has 2 nitrogen and oxygen atoms in total. The van der Waals surface area contributed by atoms with E-state index in [1.54, 1.807) is 0 Å². The van der Waals surface area contributed by atoms with Gasteiger partial charge >= 0.3 is 0 Å². The van der Waals surface area contributed by atoms with Crippen molar-refractivity contribution in [2.75, 3.05) is 0 Å². The predicted octanol–water partition coefficient (Wildman–Crippen LogP) is 4.43. The van der Waals surface area contributed by atoms with Crippen LogP contribution in [0.4, 0.5) is 0 Å². The highest BCUT2D eigenvalue weighted by molar-refractivity contribution is 14.1. The number of hydrogen-bond acceptors (Lipinski definition) is 2. The van der Waals surface area contributed by atoms with Gasteiger partial charge < -0.3 is 9.52 Å². The number of benzene rings is 2. The molecular formula is C16H13IO2. The third-order valence-electron chi connectivity index (χ3n) is 3.19. The van der Waals surface area contributed by atoms with Crippen molar-refractivity contribution in [2.45, 2.75) is 13.0 Å². The molecule has 0 spiro atoms. The van der Waals surface area contributed by atoms with Crippen LogP contribution in [0, 0.1) is 10.5 Å². The molecule has 1 unspecified atom stereocenters. The van der Waals surface area contributed by atoms with Crippen molar-refractivity contribution in [1.82, 2.24) is 0 Å². The first kappa shape index (κ1) is 12.7. The normalized spacial score (nSPS) is 12.8. The summed E-state index contributed by atoms with van der Waals surface area (Å²) in [7, 11) is 0. The van der Waals surface area contributed by atoms with Gasteiger partial charge in [0.15, 0.2) is 0 Å². The van der Waals surface area contributed by atoms with Gasteiger partial charge in [-0.15, -0.1) is 0 Å². The fourth-order valence-corrected chi connectivity index (χ4v) is 2.77. The summed E-state index contributed by atoms with van der Waals surface area (Å²) in [5, 5.41) is 11.4. The van der Waals surface area contributed by atoms with Gasteiger partial charge in [0.25, 0.3) is 0 Å². The maximum atomic E-state index is 10.4. The molecule has 1 atom stereocenters. The van der Waals surface area contributed by atoms with Crippen molar-refractivity contribution in [3.63, 3.8) is 0 Å². The Hall–Kier alpha value is -1.33. The van der Waals surface area contributed by atoms with E-state index >= 15 is 0 Å². The molecule has 0 amide bonds. The van der Waals surface area contributed by atoms with Gasteiger partial charge in [0.05, 0.1) is 0 Å². The molecule has 0 aliphatic rings. The fourth-order valence-electron chi connectivity index (χ4n) is 2.20. The first-order valence-corrected chi connectivity index (χ1v) is 7.15. The highest BCUT2D eigenvalue weighted by Gasteiger charge is 2.16. The number of rotatable bonds is 2. The van der Waals surface area contributed by atoms with Crippen LogP contribution >= 0.6 is 22.6 Å². The van der Waals surface area contributed by atoms with Crippen LogP contribution in [0.1, 0.15) is 23.0 Å². The molecule has 1 N–H and O–H groups in total. The van der Waals surface area contributed by atoms with Crippen molar-refractivity contribution in [2.24, 2.45) is 0 Å². The Labute approximate surface area is 125 Å². The molecule has 0 aliphatic heterocycles. The third-order valence-corrected chi connectivity index (χ3v) is 3.86. The molecule has 0 radical (unpaired) electrons. The topological polar surface area (TPSA) is 33.4 Å². The summed E-state index contributed by atoms with van der Waals surface area (Å²) in [5.41, 5.74) is 2.78. The summed E-state index contributed by atoms with van der Waals surface area (Å²) in [6.07, 6.45) is -0.721. The minimum Gasteiger partial charge on any atom is -0.458 e. The SMILES string of the molecule is Cc1cccc2cc(C(O)c3cccc(I)c3)oc12. The monoisotopic (exact) mass is 364 g/mol. The van der Waals surface area contributed by atoms with Crippen molar-refractivity contribution < 1.29 is 9.52 Å². The maximum absolute atomic E-state index is 10.4. The molecule has 3 aromatic rings. The molecule has 0 saturated heterocycles. The Bertz CT molecular complexity index is 730. The number of para-hydroxylation sites is 1. The van der Waals surface area contributed by atoms with E-state index in [4.69, 9.17) is 4.42 Å². The second kappa shape index (κ2) is 4.98. The minimum atomic E-state index is -0.721. The number of aliphatic hydroxyl groups excluding tert-OH is 1. The number of aliphatic hydroxyl groups is 1. The summed E-state index contributed by atoms with van der Waals surface area (Å²) in [5.74, 6) is 0.589. The third kappa shape index (κ3) is 2.40. The van der Waals surface area contributed by atoms with Crippen molar-refractivity contribution in [3.05, 3.63) is 69.0 Å². The van der Waals surface area contributed by atoms with Gasteiger partial charge in [0, 0.05) is 8.96 Å². The van der Waals surface area contributed by atoms with Crippen LogP contribution in [-0.4, -0.2) is 5.11 Å². The lowest BCUT2D eigenvalue weighted by Crippen LogP contribution is -1.97. The lowest BCUT2D eigenvalue weighted by atomic mass is 10.1. The van der Waals surface area contributed by atoms with E-state index in [-0.39, 0.29) is 0 Å². The van der Waals surface area contributed by atoms with E-state index in [0.29, 0.717) is 5.76 Å². The Morgan fingerprint density at radius 2 is 1.89 bits per heavy atom. The van der Waals surface area contributed by atoms with E-state index in [9.17, 15) is 5.11 Å². The average Bonchev–Trinajstić information content (AvgIpc) is 2.83. The second-order valence-corrected chi connectivity index (χ2v) is 5.85. The average molecular weight is 364 g/mol. The maximum Gasteiger partial charge on any atom is 0.138 e. The van der Waals surface area contributed by atoms with Gasteiger partial charge in [-0.3, -0.25) is 0 Å². The number of hydrogen-bond donors (Lipinski definition) is 1. The van der Waals surface area contributed by atoms with Gasteiger partial charge in [-0.05, 0) is 58.8 Å². The van der Waals surface area contributed by atoms with Crippen LogP contribution in [0.5, 0.6) is 0 Å². The first-order valence-electron chi connectivity index (χ1n) is 6.08. The molecule has 1 aromatic heterocycles. The van der Waals surface area contributed by atoms with E-state index in [1.165, 1.54) is 0 Å². The van der Waals surface area contributed by atoms with Gasteiger partial charge in [0.1, 0.15) is 17.4 Å². The smallest absolute Gasteiger partial charge is 0.138 e. The van der Waals surface area contributed by atoms with Gasteiger partial charge in [-0.2, -0.15) is 0 Å². The number of fused-ring (bicyclic) bond motifs is 1. The molecule has 0 fully saturated rings. The van der Waals surface area contributed by atoms with E-state index in [1.807, 2.05) is 55.5 Å². The molecule has 3 heteroatoms. The first-order chi connectivity index (χ1) is 9.15. The summed E-state index contributed by atoms with van der Waals surface area (Å²) in [6.45, 7) is 2.01. The van der Waals surface area contributed by atoms with Crippen molar-refractivity contribution in [1.29, 1.82) is 0 Å². The lowest BCUT2D eigenvalue weighted by Gasteiger charge is -2.08. The zero-order chi connectivity index (χ0) is 13.4. The van der Waals surface area contributed by atoms with Crippen LogP contribution in [0.25, 0.3) is 11.0 Å². The standard InChI is InChI=1S/C16H13IO2/c1-10-4-2-6-12-9-14(19-16(10)12)15(18)11-5-3-7-13(17)8-11/h2-9,15,18H,1H3. The molecule has 0 saturated carbocycles. The number of halogens is 1. The minimum absolute atomic E-state index is 0.589. The molecule has 1 heterocycles. The van der Waals surface area contributed by atoms with Crippen LogP contribution in [-0.2, 0) is 0 Å². The molecular weight excluding hydrogens is 351 g/mol. The summed E-state index contributed by atoms with van der Waals surface area (Å²) in [6, 6.07) is 15.7.